The smallest absolute Gasteiger partial charge is 0.276 e. The minimum Gasteiger partial charge on any atom is -0.494 e. The first kappa shape index (κ1) is 22.1. The van der Waals surface area contributed by atoms with Gasteiger partial charge in [0.1, 0.15) is 16.6 Å². The maximum Gasteiger partial charge on any atom is 0.276 e. The SMILES string of the molecule is CCOc1ccc2c(c1)c(C(=O)c1noc(-c3ccccn3)n1)c(Cl)n2Cc1ccc(Cl)cc1. The van der Waals surface area contributed by atoms with Gasteiger partial charge in [0, 0.05) is 23.2 Å². The highest BCUT2D eigenvalue weighted by atomic mass is 35.5. The Labute approximate surface area is 204 Å². The summed E-state index contributed by atoms with van der Waals surface area (Å²) in [6.07, 6.45) is 1.61. The second kappa shape index (κ2) is 9.29. The Hall–Kier alpha value is -3.68. The predicted octanol–water partition coefficient (Wildman–Crippen LogP) is 6.07. The molecule has 5 rings (SSSR count). The first-order chi connectivity index (χ1) is 16.5. The van der Waals surface area contributed by atoms with Crippen molar-refractivity contribution in [2.75, 3.05) is 6.61 Å². The van der Waals surface area contributed by atoms with Crippen LogP contribution >= 0.6 is 23.2 Å². The molecular formula is C25H18Cl2N4O3. The van der Waals surface area contributed by atoms with Crippen LogP contribution in [0.1, 0.15) is 28.7 Å². The van der Waals surface area contributed by atoms with Crippen LogP contribution in [0.4, 0.5) is 0 Å². The lowest BCUT2D eigenvalue weighted by molar-refractivity contribution is 0.102. The highest BCUT2D eigenvalue weighted by Crippen LogP contribution is 2.35. The molecule has 0 aliphatic heterocycles. The summed E-state index contributed by atoms with van der Waals surface area (Å²) in [5.41, 5.74) is 2.51. The first-order valence-electron chi connectivity index (χ1n) is 10.5. The molecule has 0 amide bonds. The Kier molecular flexibility index (Phi) is 6.04. The lowest BCUT2D eigenvalue weighted by atomic mass is 10.1. The van der Waals surface area contributed by atoms with Gasteiger partial charge < -0.3 is 13.8 Å². The van der Waals surface area contributed by atoms with Crippen molar-refractivity contribution in [1.29, 1.82) is 0 Å². The Balaban J connectivity index is 1.61. The average molecular weight is 493 g/mol. The van der Waals surface area contributed by atoms with Gasteiger partial charge in [-0.1, -0.05) is 46.6 Å². The molecule has 0 radical (unpaired) electrons. The molecule has 5 aromatic rings. The van der Waals surface area contributed by atoms with Gasteiger partial charge in [0.2, 0.25) is 11.6 Å². The highest BCUT2D eigenvalue weighted by molar-refractivity contribution is 6.37. The summed E-state index contributed by atoms with van der Waals surface area (Å²) < 4.78 is 12.8. The maximum absolute atomic E-state index is 13.5. The van der Waals surface area contributed by atoms with E-state index in [0.29, 0.717) is 35.0 Å². The summed E-state index contributed by atoms with van der Waals surface area (Å²) in [4.78, 5) is 22.0. The number of halogens is 2. The number of aromatic nitrogens is 4. The van der Waals surface area contributed by atoms with Crippen molar-refractivity contribution in [3.05, 3.63) is 94.0 Å². The number of pyridine rings is 1. The number of carbonyl (C=O) groups is 1. The van der Waals surface area contributed by atoms with Crippen LogP contribution in [-0.4, -0.2) is 32.1 Å². The summed E-state index contributed by atoms with van der Waals surface area (Å²) in [6, 6.07) is 18.3. The molecule has 0 aliphatic carbocycles. The molecule has 0 N–H and O–H groups in total. The lowest BCUT2D eigenvalue weighted by Crippen LogP contribution is -2.05. The Bertz CT molecular complexity index is 1480. The number of ketones is 1. The van der Waals surface area contributed by atoms with Gasteiger partial charge >= 0.3 is 0 Å². The van der Waals surface area contributed by atoms with Gasteiger partial charge in [0.25, 0.3) is 5.89 Å². The number of hydrogen-bond donors (Lipinski definition) is 0. The van der Waals surface area contributed by atoms with Crippen molar-refractivity contribution in [2.45, 2.75) is 13.5 Å². The van der Waals surface area contributed by atoms with E-state index in [1.165, 1.54) is 0 Å². The first-order valence-corrected chi connectivity index (χ1v) is 11.3. The largest absolute Gasteiger partial charge is 0.494 e. The summed E-state index contributed by atoms with van der Waals surface area (Å²) in [5.74, 6) is 0.228. The molecule has 3 aromatic heterocycles. The molecule has 0 saturated heterocycles. The van der Waals surface area contributed by atoms with Gasteiger partial charge in [-0.25, -0.2) is 0 Å². The van der Waals surface area contributed by atoms with Gasteiger partial charge in [-0.3, -0.25) is 9.78 Å². The van der Waals surface area contributed by atoms with Crippen LogP contribution < -0.4 is 4.74 Å². The van der Waals surface area contributed by atoms with Crippen LogP contribution in [-0.2, 0) is 6.54 Å². The van der Waals surface area contributed by atoms with Gasteiger partial charge in [-0.15, -0.1) is 0 Å². The van der Waals surface area contributed by atoms with Gasteiger partial charge in [-0.2, -0.15) is 4.98 Å². The van der Waals surface area contributed by atoms with Crippen LogP contribution in [0, 0.1) is 0 Å². The molecule has 3 heterocycles. The number of nitrogens with zero attached hydrogens (tertiary/aromatic N) is 4. The maximum atomic E-state index is 13.5. The third-order valence-corrected chi connectivity index (χ3v) is 5.92. The van der Waals surface area contributed by atoms with Gasteiger partial charge in [-0.05, 0) is 55.0 Å². The molecule has 9 heteroatoms. The fourth-order valence-corrected chi connectivity index (χ4v) is 4.19. The van der Waals surface area contributed by atoms with Crippen molar-refractivity contribution in [3.63, 3.8) is 0 Å². The summed E-state index contributed by atoms with van der Waals surface area (Å²) in [7, 11) is 0. The zero-order valence-electron chi connectivity index (χ0n) is 18.0. The Morgan fingerprint density at radius 1 is 1.09 bits per heavy atom. The van der Waals surface area contributed by atoms with Crippen LogP contribution in [0.3, 0.4) is 0 Å². The van der Waals surface area contributed by atoms with Crippen LogP contribution in [0.15, 0.2) is 71.4 Å². The molecule has 0 unspecified atom stereocenters. The minimum atomic E-state index is -0.454. The van der Waals surface area contributed by atoms with E-state index in [1.807, 2.05) is 47.9 Å². The second-order valence-corrected chi connectivity index (χ2v) is 8.25. The fourth-order valence-electron chi connectivity index (χ4n) is 3.72. The minimum absolute atomic E-state index is 0.102. The van der Waals surface area contributed by atoms with Crippen LogP contribution in [0.25, 0.3) is 22.5 Å². The number of rotatable bonds is 7. The molecule has 170 valence electrons. The molecular weight excluding hydrogens is 475 g/mol. The normalized spacial score (nSPS) is 11.1. The second-order valence-electron chi connectivity index (χ2n) is 7.46. The number of ether oxygens (including phenoxy) is 1. The predicted molar refractivity (Wildman–Crippen MR) is 130 cm³/mol. The number of carbonyl (C=O) groups excluding carboxylic acids is 1. The van der Waals surface area contributed by atoms with Crippen LogP contribution in [0.5, 0.6) is 5.75 Å². The molecule has 2 aromatic carbocycles. The standard InChI is InChI=1S/C25H18Cl2N4O3/c1-2-33-17-10-11-20-18(13-17)21(23(27)31(20)14-15-6-8-16(26)9-7-15)22(32)24-29-25(34-30-24)19-5-3-4-12-28-19/h3-13H,2,14H2,1H3. The average Bonchev–Trinajstić information content (AvgIpc) is 3.45. The van der Waals surface area contributed by atoms with Crippen molar-refractivity contribution in [2.24, 2.45) is 0 Å². The van der Waals surface area contributed by atoms with E-state index < -0.39 is 5.78 Å². The molecule has 0 spiro atoms. The zero-order chi connectivity index (χ0) is 23.7. The van der Waals surface area contributed by atoms with E-state index in [-0.39, 0.29) is 22.4 Å². The molecule has 0 fully saturated rings. The highest BCUT2D eigenvalue weighted by Gasteiger charge is 2.27. The number of benzene rings is 2. The third kappa shape index (κ3) is 4.16. The van der Waals surface area contributed by atoms with Crippen molar-refractivity contribution >= 4 is 39.9 Å². The van der Waals surface area contributed by atoms with Gasteiger partial charge in [0.05, 0.1) is 17.7 Å². The number of hydrogen-bond acceptors (Lipinski definition) is 6. The van der Waals surface area contributed by atoms with Gasteiger partial charge in [0.15, 0.2) is 0 Å². The van der Waals surface area contributed by atoms with Crippen molar-refractivity contribution in [1.82, 2.24) is 19.7 Å². The molecule has 34 heavy (non-hydrogen) atoms. The van der Waals surface area contributed by atoms with Crippen molar-refractivity contribution in [3.8, 4) is 17.3 Å². The van der Waals surface area contributed by atoms with Crippen LogP contribution in [0.2, 0.25) is 10.2 Å². The molecule has 0 bridgehead atoms. The molecule has 0 atom stereocenters. The summed E-state index contributed by atoms with van der Waals surface area (Å²) in [5, 5.41) is 5.44. The van der Waals surface area contributed by atoms with E-state index in [4.69, 9.17) is 32.5 Å². The van der Waals surface area contributed by atoms with E-state index >= 15 is 0 Å². The number of fused-ring (bicyclic) bond motifs is 1. The summed E-state index contributed by atoms with van der Waals surface area (Å²) >= 11 is 12.8. The van der Waals surface area contributed by atoms with E-state index in [0.717, 1.165) is 11.1 Å². The molecule has 0 saturated carbocycles. The molecule has 0 aliphatic rings. The van der Waals surface area contributed by atoms with E-state index in [9.17, 15) is 4.79 Å². The quantitative estimate of drug-likeness (QED) is 0.256. The van der Waals surface area contributed by atoms with Crippen molar-refractivity contribution < 1.29 is 14.1 Å². The van der Waals surface area contributed by atoms with E-state index in [2.05, 4.69) is 15.1 Å². The molecule has 7 nitrogen and oxygen atoms in total. The Morgan fingerprint density at radius 3 is 2.65 bits per heavy atom. The topological polar surface area (TPSA) is 83.0 Å². The fraction of sp³-hybridized carbons (Fsp3) is 0.120. The zero-order valence-corrected chi connectivity index (χ0v) is 19.5. The van der Waals surface area contributed by atoms with E-state index in [1.54, 1.807) is 30.5 Å². The summed E-state index contributed by atoms with van der Waals surface area (Å²) in [6.45, 7) is 2.83. The Morgan fingerprint density at radius 2 is 1.91 bits per heavy atom. The third-order valence-electron chi connectivity index (χ3n) is 5.28. The monoisotopic (exact) mass is 492 g/mol. The lowest BCUT2D eigenvalue weighted by Gasteiger charge is -2.08.